The third-order valence-electron chi connectivity index (χ3n) is 4.22. The Balaban J connectivity index is 2.02. The molecule has 1 N–H and O–H groups in total. The number of hydrogen-bond donors (Lipinski definition) is 1. The fourth-order valence-corrected chi connectivity index (χ4v) is 3.11. The number of carbonyl (C=O) groups is 1. The third kappa shape index (κ3) is 4.85. The number of benzene rings is 1. The molecule has 0 saturated carbocycles. The molecule has 1 fully saturated rings. The molecule has 1 saturated heterocycles. The normalized spacial score (nSPS) is 21.2. The summed E-state index contributed by atoms with van der Waals surface area (Å²) in [5.74, 6) is 0.919. The summed E-state index contributed by atoms with van der Waals surface area (Å²) in [5.41, 5.74) is 1.21. The highest BCUT2D eigenvalue weighted by Gasteiger charge is 2.26. The van der Waals surface area contributed by atoms with Gasteiger partial charge < -0.3 is 10.2 Å². The molecule has 116 valence electrons. The Morgan fingerprint density at radius 2 is 2.05 bits per heavy atom. The summed E-state index contributed by atoms with van der Waals surface area (Å²) < 4.78 is 0. The van der Waals surface area contributed by atoms with Crippen molar-refractivity contribution in [3.63, 3.8) is 0 Å². The molecule has 1 aliphatic rings. The predicted molar refractivity (Wildman–Crippen MR) is 87.0 cm³/mol. The summed E-state index contributed by atoms with van der Waals surface area (Å²) in [7, 11) is 2.10. The Hall–Kier alpha value is -1.35. The van der Waals surface area contributed by atoms with E-state index in [1.165, 1.54) is 5.56 Å². The number of amides is 1. The highest BCUT2D eigenvalue weighted by atomic mass is 16.2. The maximum Gasteiger partial charge on any atom is 0.224 e. The number of rotatable bonds is 5. The van der Waals surface area contributed by atoms with Gasteiger partial charge in [-0.2, -0.15) is 0 Å². The summed E-state index contributed by atoms with van der Waals surface area (Å²) in [5, 5.41) is 3.29. The van der Waals surface area contributed by atoms with Crippen LogP contribution < -0.4 is 5.32 Å². The van der Waals surface area contributed by atoms with Crippen molar-refractivity contribution in [3.8, 4) is 0 Å². The molecule has 2 atom stereocenters. The molecule has 2 rings (SSSR count). The van der Waals surface area contributed by atoms with Crippen LogP contribution in [-0.2, 0) is 4.79 Å². The van der Waals surface area contributed by atoms with Crippen molar-refractivity contribution in [3.05, 3.63) is 35.9 Å². The molecule has 0 spiro atoms. The quantitative estimate of drug-likeness (QED) is 0.902. The smallest absolute Gasteiger partial charge is 0.224 e. The highest BCUT2D eigenvalue weighted by Crippen LogP contribution is 2.23. The Morgan fingerprint density at radius 1 is 1.33 bits per heavy atom. The van der Waals surface area contributed by atoms with E-state index in [1.54, 1.807) is 0 Å². The zero-order valence-corrected chi connectivity index (χ0v) is 13.5. The fraction of sp³-hybridized carbons (Fsp3) is 0.611. The molecule has 3 nitrogen and oxygen atoms in total. The number of nitrogens with zero attached hydrogens (tertiary/aromatic N) is 1. The lowest BCUT2D eigenvalue weighted by atomic mass is 9.94. The second kappa shape index (κ2) is 7.60. The Kier molecular flexibility index (Phi) is 5.80. The molecule has 0 aromatic heterocycles. The van der Waals surface area contributed by atoms with Gasteiger partial charge in [-0.25, -0.2) is 0 Å². The Morgan fingerprint density at radius 3 is 2.67 bits per heavy atom. The van der Waals surface area contributed by atoms with Crippen molar-refractivity contribution in [1.82, 2.24) is 10.2 Å². The van der Waals surface area contributed by atoms with Gasteiger partial charge in [0.15, 0.2) is 0 Å². The molecule has 1 aromatic carbocycles. The maximum absolute atomic E-state index is 12.6. The van der Waals surface area contributed by atoms with Crippen LogP contribution in [0.4, 0.5) is 0 Å². The second-order valence-electron chi connectivity index (χ2n) is 6.70. The topological polar surface area (TPSA) is 32.3 Å². The highest BCUT2D eigenvalue weighted by molar-refractivity contribution is 5.79. The summed E-state index contributed by atoms with van der Waals surface area (Å²) in [4.78, 5) is 14.8. The zero-order chi connectivity index (χ0) is 15.2. The van der Waals surface area contributed by atoms with Crippen molar-refractivity contribution in [1.29, 1.82) is 0 Å². The van der Waals surface area contributed by atoms with Gasteiger partial charge in [0, 0.05) is 6.54 Å². The van der Waals surface area contributed by atoms with Gasteiger partial charge in [-0.3, -0.25) is 4.79 Å². The fourth-order valence-electron chi connectivity index (χ4n) is 3.11. The van der Waals surface area contributed by atoms with E-state index in [9.17, 15) is 4.79 Å². The number of carbonyl (C=O) groups excluding carboxylic acids is 1. The summed E-state index contributed by atoms with van der Waals surface area (Å²) in [6, 6.07) is 10.5. The minimum Gasteiger partial charge on any atom is -0.349 e. The van der Waals surface area contributed by atoms with E-state index in [0.29, 0.717) is 5.92 Å². The number of likely N-dealkylation sites (tertiary alicyclic amines) is 1. The van der Waals surface area contributed by atoms with Crippen LogP contribution in [0, 0.1) is 11.8 Å². The lowest BCUT2D eigenvalue weighted by molar-refractivity contribution is -0.127. The van der Waals surface area contributed by atoms with Gasteiger partial charge in [-0.05, 0) is 44.3 Å². The SMILES string of the molecule is CC(C)C[C@@H](NC(=O)[C@@H]1CCCN(C)C1)c1ccccc1. The first-order valence-corrected chi connectivity index (χ1v) is 8.10. The average Bonchev–Trinajstić information content (AvgIpc) is 2.47. The molecule has 3 heteroatoms. The van der Waals surface area contributed by atoms with Crippen LogP contribution in [0.5, 0.6) is 0 Å². The van der Waals surface area contributed by atoms with Crippen LogP contribution in [-0.4, -0.2) is 30.9 Å². The van der Waals surface area contributed by atoms with Gasteiger partial charge in [0.25, 0.3) is 0 Å². The first kappa shape index (κ1) is 16.0. The van der Waals surface area contributed by atoms with E-state index in [0.717, 1.165) is 32.4 Å². The van der Waals surface area contributed by atoms with E-state index in [1.807, 2.05) is 18.2 Å². The lowest BCUT2D eigenvalue weighted by Crippen LogP contribution is -2.42. The van der Waals surface area contributed by atoms with Crippen LogP contribution in [0.25, 0.3) is 0 Å². The van der Waals surface area contributed by atoms with Crippen LogP contribution in [0.15, 0.2) is 30.3 Å². The molecule has 1 aliphatic heterocycles. The van der Waals surface area contributed by atoms with Crippen LogP contribution in [0.1, 0.15) is 44.7 Å². The first-order valence-electron chi connectivity index (χ1n) is 8.10. The second-order valence-corrected chi connectivity index (χ2v) is 6.70. The summed E-state index contributed by atoms with van der Waals surface area (Å²) in [6.45, 7) is 6.40. The molecule has 1 amide bonds. The van der Waals surface area contributed by atoms with Crippen LogP contribution >= 0.6 is 0 Å². The number of nitrogens with one attached hydrogen (secondary N) is 1. The molecule has 0 radical (unpaired) electrons. The molecule has 1 heterocycles. The molecule has 0 bridgehead atoms. The van der Waals surface area contributed by atoms with Crippen molar-refractivity contribution in [2.45, 2.75) is 39.2 Å². The summed E-state index contributed by atoms with van der Waals surface area (Å²) in [6.07, 6.45) is 3.12. The van der Waals surface area contributed by atoms with E-state index in [2.05, 4.69) is 43.2 Å². The van der Waals surface area contributed by atoms with E-state index >= 15 is 0 Å². The van der Waals surface area contributed by atoms with Gasteiger partial charge in [-0.1, -0.05) is 44.2 Å². The van der Waals surface area contributed by atoms with Crippen LogP contribution in [0.2, 0.25) is 0 Å². The van der Waals surface area contributed by atoms with Crippen molar-refractivity contribution >= 4 is 5.91 Å². The minimum absolute atomic E-state index is 0.130. The van der Waals surface area contributed by atoms with E-state index < -0.39 is 0 Å². The number of piperidine rings is 1. The lowest BCUT2D eigenvalue weighted by Gasteiger charge is -2.30. The molecule has 21 heavy (non-hydrogen) atoms. The Labute approximate surface area is 128 Å². The van der Waals surface area contributed by atoms with Crippen molar-refractivity contribution in [2.75, 3.05) is 20.1 Å². The zero-order valence-electron chi connectivity index (χ0n) is 13.5. The van der Waals surface area contributed by atoms with Crippen molar-refractivity contribution < 1.29 is 4.79 Å². The van der Waals surface area contributed by atoms with Gasteiger partial charge in [0.05, 0.1) is 12.0 Å². The monoisotopic (exact) mass is 288 g/mol. The van der Waals surface area contributed by atoms with E-state index in [4.69, 9.17) is 0 Å². The van der Waals surface area contributed by atoms with Gasteiger partial charge in [0.1, 0.15) is 0 Å². The Bertz CT molecular complexity index is 444. The van der Waals surface area contributed by atoms with E-state index in [-0.39, 0.29) is 17.9 Å². The molecule has 0 unspecified atom stereocenters. The number of hydrogen-bond acceptors (Lipinski definition) is 2. The molecule has 1 aromatic rings. The summed E-state index contributed by atoms with van der Waals surface area (Å²) >= 11 is 0. The molecular formula is C18H28N2O. The van der Waals surface area contributed by atoms with Gasteiger partial charge >= 0.3 is 0 Å². The van der Waals surface area contributed by atoms with Gasteiger partial charge in [0.2, 0.25) is 5.91 Å². The third-order valence-corrected chi connectivity index (χ3v) is 4.22. The maximum atomic E-state index is 12.6. The van der Waals surface area contributed by atoms with Gasteiger partial charge in [-0.15, -0.1) is 0 Å². The largest absolute Gasteiger partial charge is 0.349 e. The average molecular weight is 288 g/mol. The predicted octanol–water partition coefficient (Wildman–Crippen LogP) is 3.23. The molecular weight excluding hydrogens is 260 g/mol. The van der Waals surface area contributed by atoms with Crippen molar-refractivity contribution in [2.24, 2.45) is 11.8 Å². The minimum atomic E-state index is 0.130. The standard InChI is InChI=1S/C18H28N2O/c1-14(2)12-17(15-8-5-4-6-9-15)19-18(21)16-10-7-11-20(3)13-16/h4-6,8-9,14,16-17H,7,10-13H2,1-3H3,(H,19,21)/t16-,17-/m1/s1. The first-order chi connectivity index (χ1) is 10.1. The molecule has 0 aliphatic carbocycles. The van der Waals surface area contributed by atoms with Crippen LogP contribution in [0.3, 0.4) is 0 Å².